The van der Waals surface area contributed by atoms with Gasteiger partial charge >= 0.3 is 0 Å². The van der Waals surface area contributed by atoms with Crippen LogP contribution in [-0.2, 0) is 6.54 Å². The zero-order chi connectivity index (χ0) is 28.9. The minimum atomic E-state index is -0.813. The van der Waals surface area contributed by atoms with Gasteiger partial charge in [0.1, 0.15) is 0 Å². The highest BCUT2D eigenvalue weighted by Gasteiger charge is 2.48. The lowest BCUT2D eigenvalue weighted by Crippen LogP contribution is -2.62. The Kier molecular flexibility index (Phi) is 8.09. The van der Waals surface area contributed by atoms with Gasteiger partial charge in [0.25, 0.3) is 17.3 Å². The summed E-state index contributed by atoms with van der Waals surface area (Å²) in [5, 5.41) is 3.27. The number of likely N-dealkylation sites (tertiary alicyclic amines) is 2. The SMILES string of the molecule is CSc1cc(C)[nH]c(=O)c1CNC(=O)c1cc(Cl)c2c(c1C)OC(C)([C@H]1CC[C@@H](N3CC(N4CCCC4)C3)CC1)O2. The number of halogens is 1. The van der Waals surface area contributed by atoms with E-state index in [4.69, 9.17) is 21.1 Å². The normalized spacial score (nSPS) is 26.8. The van der Waals surface area contributed by atoms with E-state index in [9.17, 15) is 9.59 Å². The summed E-state index contributed by atoms with van der Waals surface area (Å²) in [6, 6.07) is 4.96. The van der Waals surface area contributed by atoms with Crippen LogP contribution in [0.3, 0.4) is 0 Å². The van der Waals surface area contributed by atoms with E-state index < -0.39 is 5.79 Å². The second kappa shape index (κ2) is 11.5. The largest absolute Gasteiger partial charge is 0.448 e. The molecule has 8 nitrogen and oxygen atoms in total. The van der Waals surface area contributed by atoms with Crippen molar-refractivity contribution in [1.29, 1.82) is 0 Å². The van der Waals surface area contributed by atoms with E-state index in [1.165, 1.54) is 50.8 Å². The number of pyridine rings is 1. The van der Waals surface area contributed by atoms with E-state index in [1.54, 1.807) is 6.07 Å². The average molecular weight is 601 g/mol. The maximum Gasteiger partial charge on any atom is 0.254 e. The molecule has 3 fully saturated rings. The minimum absolute atomic E-state index is 0.118. The molecule has 2 aromatic rings. The molecule has 1 aliphatic carbocycles. The van der Waals surface area contributed by atoms with E-state index >= 15 is 0 Å². The van der Waals surface area contributed by atoms with Crippen LogP contribution < -0.4 is 20.3 Å². The van der Waals surface area contributed by atoms with E-state index in [1.807, 2.05) is 33.1 Å². The zero-order valence-corrected chi connectivity index (χ0v) is 26.1. The molecule has 2 saturated heterocycles. The number of hydrogen-bond donors (Lipinski definition) is 2. The van der Waals surface area contributed by atoms with E-state index in [0.717, 1.165) is 42.3 Å². The summed E-state index contributed by atoms with van der Waals surface area (Å²) in [6.45, 7) is 10.8. The summed E-state index contributed by atoms with van der Waals surface area (Å²) >= 11 is 8.15. The Hall–Kier alpha value is -2.20. The Labute approximate surface area is 251 Å². The maximum absolute atomic E-state index is 13.3. The van der Waals surface area contributed by atoms with Crippen molar-refractivity contribution in [3.8, 4) is 11.5 Å². The zero-order valence-electron chi connectivity index (χ0n) is 24.5. The molecule has 1 unspecified atom stereocenters. The van der Waals surface area contributed by atoms with Gasteiger partial charge in [-0.15, -0.1) is 11.8 Å². The van der Waals surface area contributed by atoms with Gasteiger partial charge < -0.3 is 19.8 Å². The van der Waals surface area contributed by atoms with Crippen molar-refractivity contribution in [2.24, 2.45) is 5.92 Å². The predicted molar refractivity (Wildman–Crippen MR) is 163 cm³/mol. The van der Waals surface area contributed by atoms with Crippen molar-refractivity contribution in [2.45, 2.75) is 88.6 Å². The molecule has 2 N–H and O–H groups in total. The molecule has 4 heterocycles. The lowest BCUT2D eigenvalue weighted by molar-refractivity contribution is -0.127. The monoisotopic (exact) mass is 600 g/mol. The lowest BCUT2D eigenvalue weighted by Gasteiger charge is -2.50. The Balaban J connectivity index is 1.09. The molecule has 6 rings (SSSR count). The number of aromatic amines is 1. The number of thioether (sulfide) groups is 1. The Morgan fingerprint density at radius 2 is 1.76 bits per heavy atom. The van der Waals surface area contributed by atoms with Crippen LogP contribution in [0.15, 0.2) is 21.8 Å². The molecule has 1 aromatic heterocycles. The molecule has 4 aliphatic rings. The molecule has 3 aliphatic heterocycles. The minimum Gasteiger partial charge on any atom is -0.448 e. The van der Waals surface area contributed by atoms with Gasteiger partial charge in [0, 0.05) is 71.8 Å². The average Bonchev–Trinajstić information content (AvgIpc) is 3.58. The molecule has 0 bridgehead atoms. The third-order valence-electron chi connectivity index (χ3n) is 9.67. The second-order valence-electron chi connectivity index (χ2n) is 12.3. The van der Waals surface area contributed by atoms with Crippen LogP contribution in [-0.4, -0.2) is 71.0 Å². The summed E-state index contributed by atoms with van der Waals surface area (Å²) < 4.78 is 13.0. The van der Waals surface area contributed by atoms with Crippen LogP contribution >= 0.6 is 23.4 Å². The fourth-order valence-corrected chi connectivity index (χ4v) is 8.08. The number of carbonyl (C=O) groups excluding carboxylic acids is 1. The number of nitrogens with zero attached hydrogens (tertiary/aromatic N) is 2. The van der Waals surface area contributed by atoms with Crippen molar-refractivity contribution in [1.82, 2.24) is 20.1 Å². The van der Waals surface area contributed by atoms with Crippen LogP contribution in [0.2, 0.25) is 5.02 Å². The van der Waals surface area contributed by atoms with Crippen LogP contribution in [0.1, 0.15) is 72.6 Å². The van der Waals surface area contributed by atoms with Gasteiger partial charge in [0.05, 0.1) is 5.02 Å². The van der Waals surface area contributed by atoms with Gasteiger partial charge in [-0.3, -0.25) is 19.4 Å². The number of benzene rings is 1. The number of aryl methyl sites for hydroxylation is 1. The fraction of sp³-hybridized carbons (Fsp3) is 0.613. The van der Waals surface area contributed by atoms with Crippen molar-refractivity contribution in [2.75, 3.05) is 32.4 Å². The molecule has 10 heteroatoms. The molecule has 1 aromatic carbocycles. The Bertz CT molecular complexity index is 1380. The van der Waals surface area contributed by atoms with Gasteiger partial charge in [-0.1, -0.05) is 11.6 Å². The number of ether oxygens (including phenoxy) is 2. The number of fused-ring (bicyclic) bond motifs is 1. The van der Waals surface area contributed by atoms with E-state index in [0.29, 0.717) is 39.3 Å². The first kappa shape index (κ1) is 28.9. The molecule has 1 atom stereocenters. The van der Waals surface area contributed by atoms with Crippen LogP contribution in [0.5, 0.6) is 11.5 Å². The summed E-state index contributed by atoms with van der Waals surface area (Å²) in [5.74, 6) is 0.181. The van der Waals surface area contributed by atoms with Crippen LogP contribution in [0.4, 0.5) is 0 Å². The first-order chi connectivity index (χ1) is 19.7. The molecule has 0 radical (unpaired) electrons. The third-order valence-corrected chi connectivity index (χ3v) is 10.8. The van der Waals surface area contributed by atoms with Crippen molar-refractivity contribution in [3.05, 3.63) is 49.9 Å². The highest BCUT2D eigenvalue weighted by Crippen LogP contribution is 2.52. The van der Waals surface area contributed by atoms with Gasteiger partial charge in [0.15, 0.2) is 11.5 Å². The highest BCUT2D eigenvalue weighted by atomic mass is 35.5. The molecule has 222 valence electrons. The van der Waals surface area contributed by atoms with Gasteiger partial charge in [0.2, 0.25) is 0 Å². The topological polar surface area (TPSA) is 86.9 Å². The maximum atomic E-state index is 13.3. The molecular weight excluding hydrogens is 560 g/mol. The Morgan fingerprint density at radius 1 is 1.07 bits per heavy atom. The molecule has 1 amide bonds. The molecular formula is C31H41ClN4O4S. The highest BCUT2D eigenvalue weighted by molar-refractivity contribution is 7.98. The molecule has 41 heavy (non-hydrogen) atoms. The number of H-pyrrole nitrogens is 1. The summed E-state index contributed by atoms with van der Waals surface area (Å²) in [6.07, 6.45) is 8.98. The number of carbonyl (C=O) groups is 1. The number of nitrogens with one attached hydrogen (secondary N) is 2. The van der Waals surface area contributed by atoms with E-state index in [2.05, 4.69) is 20.1 Å². The van der Waals surface area contributed by atoms with Crippen LogP contribution in [0.25, 0.3) is 0 Å². The smallest absolute Gasteiger partial charge is 0.254 e. The fourth-order valence-electron chi connectivity index (χ4n) is 7.14. The van der Waals surface area contributed by atoms with Gasteiger partial charge in [-0.05, 0) is 83.9 Å². The van der Waals surface area contributed by atoms with Crippen molar-refractivity contribution >= 4 is 29.3 Å². The number of amides is 1. The summed E-state index contributed by atoms with van der Waals surface area (Å²) in [5.41, 5.74) is 2.24. The van der Waals surface area contributed by atoms with Crippen LogP contribution in [0, 0.1) is 19.8 Å². The number of rotatable bonds is 7. The lowest BCUT2D eigenvalue weighted by atomic mass is 9.80. The predicted octanol–water partition coefficient (Wildman–Crippen LogP) is 5.12. The van der Waals surface area contributed by atoms with Crippen molar-refractivity contribution < 1.29 is 14.3 Å². The van der Waals surface area contributed by atoms with Crippen molar-refractivity contribution in [3.63, 3.8) is 0 Å². The van der Waals surface area contributed by atoms with Gasteiger partial charge in [-0.2, -0.15) is 0 Å². The number of hydrogen-bond acceptors (Lipinski definition) is 7. The Morgan fingerprint density at radius 3 is 2.44 bits per heavy atom. The van der Waals surface area contributed by atoms with Gasteiger partial charge in [-0.25, -0.2) is 0 Å². The number of aromatic nitrogens is 1. The summed E-state index contributed by atoms with van der Waals surface area (Å²) in [4.78, 5) is 34.8. The van der Waals surface area contributed by atoms with E-state index in [-0.39, 0.29) is 23.9 Å². The standard InChI is InChI=1S/C31H41ClN4O4S/c1-18-13-26(41-4)24(30(38)34-18)15-33-29(37)23-14-25(32)28-27(19(23)2)39-31(3,40-28)20-7-9-21(10-8-20)36-16-22(17-36)35-11-5-6-12-35/h13-14,20-22H,5-12,15-17H2,1-4H3,(H,33,37)(H,34,38)/t20-,21+,31?. The first-order valence-electron chi connectivity index (χ1n) is 14.9. The second-order valence-corrected chi connectivity index (χ2v) is 13.5. The quantitative estimate of drug-likeness (QED) is 0.427. The molecule has 1 saturated carbocycles. The molecule has 0 spiro atoms. The first-order valence-corrected chi connectivity index (χ1v) is 16.5. The third kappa shape index (κ3) is 5.51. The summed E-state index contributed by atoms with van der Waals surface area (Å²) in [7, 11) is 0.